The molecule has 40 heavy (non-hydrogen) atoms. The van der Waals surface area contributed by atoms with Crippen LogP contribution in [0.5, 0.6) is 0 Å². The Bertz CT molecular complexity index is 1140. The maximum absolute atomic E-state index is 4.83. The van der Waals surface area contributed by atoms with Gasteiger partial charge in [0.15, 0.2) is 8.07 Å². The van der Waals surface area contributed by atoms with Crippen LogP contribution in [0.4, 0.5) is 0 Å². The normalized spacial score (nSPS) is 29.0. The van der Waals surface area contributed by atoms with Crippen LogP contribution >= 0.6 is 0 Å². The topological polar surface area (TPSA) is 0 Å². The molecule has 0 amide bonds. The number of hydrogen-bond acceptors (Lipinski definition) is 0. The summed E-state index contributed by atoms with van der Waals surface area (Å²) in [5, 5.41) is 4.50. The van der Waals surface area contributed by atoms with Crippen molar-refractivity contribution in [1.82, 2.24) is 0 Å². The Balaban J connectivity index is 1.38. The average Bonchev–Trinajstić information content (AvgIpc) is 3.52. The molecule has 3 aromatic rings. The first kappa shape index (κ1) is 29.3. The Morgan fingerprint density at radius 2 is 1.07 bits per heavy atom. The summed E-state index contributed by atoms with van der Waals surface area (Å²) in [4.78, 5) is 0. The molecular formula is C38H52Si2. The molecular weight excluding hydrogens is 513 g/mol. The van der Waals surface area contributed by atoms with Crippen LogP contribution in [0.15, 0.2) is 103 Å². The molecule has 5 rings (SSSR count). The fourth-order valence-corrected chi connectivity index (χ4v) is 20.0. The van der Waals surface area contributed by atoms with Gasteiger partial charge in [0.2, 0.25) is 0 Å². The minimum atomic E-state index is -2.26. The van der Waals surface area contributed by atoms with E-state index in [4.69, 9.17) is 6.58 Å². The number of benzene rings is 3. The number of rotatable bonds is 9. The number of hydrogen-bond donors (Lipinski definition) is 0. The Labute approximate surface area is 247 Å². The van der Waals surface area contributed by atoms with Crippen molar-refractivity contribution in [1.29, 1.82) is 0 Å². The first-order valence-corrected chi connectivity index (χ1v) is 21.4. The minimum Gasteiger partial charge on any atom is -0.100 e. The van der Waals surface area contributed by atoms with Gasteiger partial charge in [-0.25, -0.2) is 0 Å². The van der Waals surface area contributed by atoms with Crippen LogP contribution < -0.4 is 15.6 Å². The van der Waals surface area contributed by atoms with Crippen molar-refractivity contribution >= 4 is 31.7 Å². The lowest BCUT2D eigenvalue weighted by Gasteiger charge is -2.41. The van der Waals surface area contributed by atoms with Gasteiger partial charge in [0.25, 0.3) is 0 Å². The highest BCUT2D eigenvalue weighted by Crippen LogP contribution is 2.59. The van der Waals surface area contributed by atoms with Crippen LogP contribution in [0, 0.1) is 29.6 Å². The van der Waals surface area contributed by atoms with Gasteiger partial charge in [-0.05, 0) is 75.1 Å². The lowest BCUT2D eigenvalue weighted by molar-refractivity contribution is 0.352. The predicted molar refractivity (Wildman–Crippen MR) is 182 cm³/mol. The van der Waals surface area contributed by atoms with Crippen LogP contribution in [0.25, 0.3) is 0 Å². The molecule has 0 spiro atoms. The van der Waals surface area contributed by atoms with E-state index in [1.807, 2.05) is 0 Å². The van der Waals surface area contributed by atoms with Crippen molar-refractivity contribution in [3.8, 4) is 0 Å². The second kappa shape index (κ2) is 12.0. The van der Waals surface area contributed by atoms with Crippen LogP contribution in [0.2, 0.25) is 30.2 Å². The van der Waals surface area contributed by atoms with Gasteiger partial charge in [0.1, 0.15) is 0 Å². The zero-order valence-electron chi connectivity index (χ0n) is 25.9. The summed E-state index contributed by atoms with van der Waals surface area (Å²) in [7, 11) is -3.62. The molecule has 0 saturated heterocycles. The van der Waals surface area contributed by atoms with Gasteiger partial charge < -0.3 is 0 Å². The van der Waals surface area contributed by atoms with Gasteiger partial charge in [0.05, 0.1) is 8.07 Å². The summed E-state index contributed by atoms with van der Waals surface area (Å²) < 4.78 is 0. The maximum atomic E-state index is 4.83. The number of allylic oxidation sites excluding steroid dienone is 1. The van der Waals surface area contributed by atoms with E-state index in [0.717, 1.165) is 46.7 Å². The molecule has 0 aliphatic heterocycles. The highest BCUT2D eigenvalue weighted by molar-refractivity contribution is 7.11. The molecule has 0 N–H and O–H groups in total. The van der Waals surface area contributed by atoms with E-state index >= 15 is 0 Å². The zero-order chi connectivity index (χ0) is 28.5. The SMILES string of the molecule is C=C(CC1CCC([Si](C)(C)C2C(C)C(C)C(C)C2C)C1)C[Si](c1ccccc1)(c1ccccc1)c1ccccc1. The summed E-state index contributed by atoms with van der Waals surface area (Å²) in [5.41, 5.74) is 3.41. The molecule has 2 fully saturated rings. The fourth-order valence-electron chi connectivity index (χ4n) is 9.48. The van der Waals surface area contributed by atoms with Crippen molar-refractivity contribution in [2.75, 3.05) is 0 Å². The van der Waals surface area contributed by atoms with E-state index in [0.29, 0.717) is 0 Å². The molecule has 0 nitrogen and oxygen atoms in total. The van der Waals surface area contributed by atoms with E-state index in [1.54, 1.807) is 0 Å². The van der Waals surface area contributed by atoms with Crippen LogP contribution in [-0.2, 0) is 0 Å². The minimum absolute atomic E-state index is 0.806. The highest BCUT2D eigenvalue weighted by Gasteiger charge is 2.53. The van der Waals surface area contributed by atoms with Crippen molar-refractivity contribution in [2.45, 2.75) is 83.6 Å². The van der Waals surface area contributed by atoms with Gasteiger partial charge in [-0.1, -0.05) is 150 Å². The van der Waals surface area contributed by atoms with Gasteiger partial charge >= 0.3 is 0 Å². The first-order valence-electron chi connectivity index (χ1n) is 16.0. The van der Waals surface area contributed by atoms with E-state index in [2.05, 4.69) is 132 Å². The molecule has 0 aromatic heterocycles. The van der Waals surface area contributed by atoms with E-state index in [1.165, 1.54) is 46.8 Å². The maximum Gasteiger partial charge on any atom is 0.152 e. The Kier molecular flexibility index (Phi) is 8.78. The Hall–Kier alpha value is -2.17. The largest absolute Gasteiger partial charge is 0.152 e. The molecule has 6 atom stereocenters. The summed E-state index contributed by atoms with van der Waals surface area (Å²) >= 11 is 0. The molecule has 3 aromatic carbocycles. The summed E-state index contributed by atoms with van der Waals surface area (Å²) in [6, 6.07) is 35.2. The van der Waals surface area contributed by atoms with Crippen LogP contribution in [0.1, 0.15) is 53.4 Å². The van der Waals surface area contributed by atoms with E-state index in [9.17, 15) is 0 Å². The molecule has 0 heterocycles. The van der Waals surface area contributed by atoms with E-state index in [-0.39, 0.29) is 0 Å². The molecule has 0 radical (unpaired) electrons. The third-order valence-corrected chi connectivity index (χ3v) is 22.4. The summed E-state index contributed by atoms with van der Waals surface area (Å²) in [6.45, 7) is 20.6. The smallest absolute Gasteiger partial charge is 0.100 e. The van der Waals surface area contributed by atoms with Crippen LogP contribution in [0.3, 0.4) is 0 Å². The fraction of sp³-hybridized carbons (Fsp3) is 0.474. The zero-order valence-corrected chi connectivity index (χ0v) is 27.9. The van der Waals surface area contributed by atoms with Crippen LogP contribution in [-0.4, -0.2) is 16.1 Å². The van der Waals surface area contributed by atoms with Gasteiger partial charge in [-0.15, -0.1) is 6.58 Å². The van der Waals surface area contributed by atoms with Crippen molar-refractivity contribution in [3.05, 3.63) is 103 Å². The Morgan fingerprint density at radius 1 is 0.650 bits per heavy atom. The molecule has 2 heteroatoms. The molecule has 2 aliphatic rings. The first-order chi connectivity index (χ1) is 19.2. The standard InChI is InChI=1S/C38H52Si2/c1-28(25-33-23-24-37(26-33)39(6,7)38-31(4)29(2)30(3)32(38)5)27-40(34-17-11-8-12-18-34,35-19-13-9-14-20-35)36-21-15-10-16-22-36/h8-22,29-33,37-38H,1,23-27H2,2-7H3. The van der Waals surface area contributed by atoms with Crippen molar-refractivity contribution in [2.24, 2.45) is 29.6 Å². The average molecular weight is 565 g/mol. The highest BCUT2D eigenvalue weighted by atomic mass is 28.3. The molecule has 0 bridgehead atoms. The Morgan fingerprint density at radius 3 is 1.50 bits per heavy atom. The molecule has 2 saturated carbocycles. The second-order valence-electron chi connectivity index (χ2n) is 14.3. The molecule has 6 unspecified atom stereocenters. The molecule has 2 aliphatic carbocycles. The van der Waals surface area contributed by atoms with Gasteiger partial charge in [0, 0.05) is 0 Å². The van der Waals surface area contributed by atoms with Gasteiger partial charge in [-0.3, -0.25) is 0 Å². The molecule has 212 valence electrons. The third kappa shape index (κ3) is 5.39. The lowest BCUT2D eigenvalue weighted by Crippen LogP contribution is -2.67. The summed E-state index contributed by atoms with van der Waals surface area (Å²) in [5.74, 6) is 4.32. The third-order valence-electron chi connectivity index (χ3n) is 12.0. The van der Waals surface area contributed by atoms with Crippen molar-refractivity contribution in [3.63, 3.8) is 0 Å². The predicted octanol–water partition coefficient (Wildman–Crippen LogP) is 8.91. The monoisotopic (exact) mass is 564 g/mol. The quantitative estimate of drug-likeness (QED) is 0.138. The lowest BCUT2D eigenvalue weighted by atomic mass is 9.92. The van der Waals surface area contributed by atoms with Crippen molar-refractivity contribution < 1.29 is 0 Å². The summed E-state index contributed by atoms with van der Waals surface area (Å²) in [6.07, 6.45) is 5.49. The van der Waals surface area contributed by atoms with E-state index < -0.39 is 16.1 Å². The van der Waals surface area contributed by atoms with Gasteiger partial charge in [-0.2, -0.15) is 0 Å². The second-order valence-corrected chi connectivity index (χ2v) is 23.3.